The maximum absolute atomic E-state index is 13.7. The Hall–Kier alpha value is -2.95. The minimum Gasteiger partial charge on any atom is -0.384 e. The van der Waals surface area contributed by atoms with Gasteiger partial charge in [-0.2, -0.15) is 5.26 Å². The minimum atomic E-state index is -0.731. The topological polar surface area (TPSA) is 138 Å². The Bertz CT molecular complexity index is 1570. The van der Waals surface area contributed by atoms with Crippen molar-refractivity contribution in [3.63, 3.8) is 0 Å². The van der Waals surface area contributed by atoms with Crippen LogP contribution < -0.4 is 16.0 Å². The van der Waals surface area contributed by atoms with E-state index in [-0.39, 0.29) is 34.3 Å². The van der Waals surface area contributed by atoms with E-state index >= 15 is 0 Å². The summed E-state index contributed by atoms with van der Waals surface area (Å²) < 4.78 is 0.539. The summed E-state index contributed by atoms with van der Waals surface area (Å²) in [6, 6.07) is 7.21. The third kappa shape index (κ3) is 5.55. The van der Waals surface area contributed by atoms with E-state index in [1.54, 1.807) is 34.7 Å². The van der Waals surface area contributed by atoms with Crippen molar-refractivity contribution in [3.8, 4) is 6.07 Å². The first-order valence-corrected chi connectivity index (χ1v) is 15.1. The Morgan fingerprint density at radius 3 is 2.82 bits per heavy atom. The van der Waals surface area contributed by atoms with Crippen molar-refractivity contribution in [2.24, 2.45) is 11.1 Å². The van der Waals surface area contributed by atoms with E-state index < -0.39 is 5.92 Å². The number of nitrogens with zero attached hydrogens (tertiary/aromatic N) is 5. The number of nitriles is 1. The van der Waals surface area contributed by atoms with Crippen LogP contribution in [0.3, 0.4) is 0 Å². The lowest BCUT2D eigenvalue weighted by atomic mass is 9.68. The number of benzene rings is 1. The molecule has 2 aliphatic rings. The van der Waals surface area contributed by atoms with Gasteiger partial charge in [0.2, 0.25) is 11.0 Å². The second kappa shape index (κ2) is 10.9. The number of rotatable bonds is 6. The number of aromatic nitrogens is 3. The van der Waals surface area contributed by atoms with Crippen LogP contribution in [0.4, 0.5) is 10.3 Å². The van der Waals surface area contributed by atoms with Gasteiger partial charge >= 0.3 is 0 Å². The van der Waals surface area contributed by atoms with Crippen molar-refractivity contribution in [3.05, 3.63) is 68.0 Å². The largest absolute Gasteiger partial charge is 0.384 e. The fourth-order valence-corrected chi connectivity index (χ4v) is 7.44. The Balaban J connectivity index is 1.52. The number of ketones is 1. The number of nitrogens with two attached hydrogens (primary N) is 1. The smallest absolute Gasteiger partial charge is 0.236 e. The molecule has 1 amide bonds. The fraction of sp³-hybridized carbons (Fsp3) is 0.280. The molecule has 0 saturated carbocycles. The zero-order valence-electron chi connectivity index (χ0n) is 20.7. The van der Waals surface area contributed by atoms with E-state index in [9.17, 15) is 14.9 Å². The standard InChI is InChI=1S/C25H21Cl2N7O2S3/c1-25(2)8-16-20(17(35)9-25)19(13-4-3-12(26)7-15(13)27)14(10-28)21(29)34(16)23-32-33-24(39-23)38-11-18(36)31-22-30-5-6-37-22/h3-7,19H,8-9,11,29H2,1-2H3,(H,30,31,36). The van der Waals surface area contributed by atoms with Gasteiger partial charge in [0.1, 0.15) is 5.82 Å². The Morgan fingerprint density at radius 1 is 1.33 bits per heavy atom. The quantitative estimate of drug-likeness (QED) is 0.320. The lowest BCUT2D eigenvalue weighted by Crippen LogP contribution is -2.42. The van der Waals surface area contributed by atoms with Gasteiger partial charge in [-0.15, -0.1) is 21.5 Å². The molecule has 0 saturated heterocycles. The van der Waals surface area contributed by atoms with Crippen molar-refractivity contribution in [1.29, 1.82) is 5.26 Å². The van der Waals surface area contributed by atoms with Crippen LogP contribution in [-0.4, -0.2) is 32.6 Å². The van der Waals surface area contributed by atoms with Gasteiger partial charge in [-0.25, -0.2) is 4.98 Å². The van der Waals surface area contributed by atoms with E-state index in [0.29, 0.717) is 54.3 Å². The molecule has 0 fully saturated rings. The van der Waals surface area contributed by atoms with Crippen LogP contribution in [0.1, 0.15) is 38.2 Å². The first-order valence-electron chi connectivity index (χ1n) is 11.6. The molecule has 2 aromatic heterocycles. The summed E-state index contributed by atoms with van der Waals surface area (Å²) in [7, 11) is 0. The van der Waals surface area contributed by atoms with Crippen LogP contribution in [0.25, 0.3) is 0 Å². The highest BCUT2D eigenvalue weighted by Gasteiger charge is 2.46. The zero-order valence-corrected chi connectivity index (χ0v) is 24.7. The van der Waals surface area contributed by atoms with Gasteiger partial charge in [0.15, 0.2) is 15.3 Å². The number of anilines is 2. The van der Waals surface area contributed by atoms with E-state index in [4.69, 9.17) is 28.9 Å². The first-order chi connectivity index (χ1) is 18.6. The van der Waals surface area contributed by atoms with Crippen LogP contribution in [0, 0.1) is 16.7 Å². The van der Waals surface area contributed by atoms with Crippen LogP contribution in [0.2, 0.25) is 10.0 Å². The molecular weight excluding hydrogens is 597 g/mol. The van der Waals surface area contributed by atoms with Gasteiger partial charge in [0, 0.05) is 39.3 Å². The summed E-state index contributed by atoms with van der Waals surface area (Å²) in [5.74, 6) is -0.763. The summed E-state index contributed by atoms with van der Waals surface area (Å²) in [4.78, 5) is 31.7. The summed E-state index contributed by atoms with van der Waals surface area (Å²) in [5, 5.41) is 25.0. The molecule has 1 unspecified atom stereocenters. The molecule has 0 bridgehead atoms. The van der Waals surface area contributed by atoms with Gasteiger partial charge in [0.05, 0.1) is 23.3 Å². The summed E-state index contributed by atoms with van der Waals surface area (Å²) >= 11 is 16.5. The number of Topliss-reactive ketones (excluding diaryl/α,β-unsaturated/α-hetero) is 1. The number of thiazole rings is 1. The monoisotopic (exact) mass is 617 g/mol. The molecule has 39 heavy (non-hydrogen) atoms. The molecule has 9 nitrogen and oxygen atoms in total. The SMILES string of the molecule is CC1(C)CC(=O)C2=C(C1)N(c1nnc(SCC(=O)Nc3nccs3)s1)C(N)=C(C#N)C2c1ccc(Cl)cc1Cl. The molecule has 5 rings (SSSR count). The summed E-state index contributed by atoms with van der Waals surface area (Å²) in [6.45, 7) is 4.03. The number of nitrogens with one attached hydrogen (secondary N) is 1. The molecule has 0 radical (unpaired) electrons. The lowest BCUT2D eigenvalue weighted by molar-refractivity contribution is -0.118. The van der Waals surface area contributed by atoms with E-state index in [1.165, 1.54) is 34.4 Å². The van der Waals surface area contributed by atoms with Crippen LogP contribution in [0.15, 0.2) is 56.8 Å². The first kappa shape index (κ1) is 27.6. The Labute approximate surface area is 246 Å². The number of thioether (sulfide) groups is 1. The second-order valence-electron chi connectivity index (χ2n) is 9.67. The molecule has 3 heterocycles. The number of allylic oxidation sites excluding steroid dienone is 3. The number of hydrogen-bond acceptors (Lipinski definition) is 11. The Morgan fingerprint density at radius 2 is 2.13 bits per heavy atom. The normalized spacial score (nSPS) is 18.7. The van der Waals surface area contributed by atoms with Crippen LogP contribution in [0.5, 0.6) is 0 Å². The maximum Gasteiger partial charge on any atom is 0.236 e. The highest BCUT2D eigenvalue weighted by atomic mass is 35.5. The molecular formula is C25H21Cl2N7O2S3. The average Bonchev–Trinajstić information content (AvgIpc) is 3.54. The fourth-order valence-electron chi connectivity index (χ4n) is 4.69. The van der Waals surface area contributed by atoms with Crippen molar-refractivity contribution < 1.29 is 9.59 Å². The van der Waals surface area contributed by atoms with Crippen molar-refractivity contribution in [1.82, 2.24) is 15.2 Å². The predicted molar refractivity (Wildman–Crippen MR) is 155 cm³/mol. The van der Waals surface area contributed by atoms with Crippen molar-refractivity contribution in [2.75, 3.05) is 16.0 Å². The third-order valence-corrected chi connectivity index (χ3v) is 9.54. The van der Waals surface area contributed by atoms with Crippen LogP contribution >= 0.6 is 57.6 Å². The summed E-state index contributed by atoms with van der Waals surface area (Å²) in [6.07, 6.45) is 2.45. The predicted octanol–water partition coefficient (Wildman–Crippen LogP) is 5.97. The molecule has 200 valence electrons. The van der Waals surface area contributed by atoms with E-state index in [0.717, 1.165) is 0 Å². The third-order valence-electron chi connectivity index (χ3n) is 6.25. The molecule has 0 spiro atoms. The number of carbonyl (C=O) groups excluding carboxylic acids is 2. The van der Waals surface area contributed by atoms with Gasteiger partial charge in [-0.05, 0) is 29.5 Å². The maximum atomic E-state index is 13.7. The Kier molecular flexibility index (Phi) is 7.72. The second-order valence-corrected chi connectivity index (χ2v) is 13.6. The van der Waals surface area contributed by atoms with Crippen LogP contribution in [-0.2, 0) is 9.59 Å². The van der Waals surface area contributed by atoms with Crippen molar-refractivity contribution >= 4 is 79.6 Å². The van der Waals surface area contributed by atoms with E-state index in [1.807, 2.05) is 13.8 Å². The molecule has 3 N–H and O–H groups in total. The summed E-state index contributed by atoms with van der Waals surface area (Å²) in [5.41, 5.74) is 8.22. The van der Waals surface area contributed by atoms with Gasteiger partial charge < -0.3 is 11.1 Å². The average molecular weight is 619 g/mol. The number of hydrogen-bond donors (Lipinski definition) is 2. The lowest BCUT2D eigenvalue weighted by Gasteiger charge is -2.42. The molecule has 1 aromatic carbocycles. The van der Waals surface area contributed by atoms with Crippen molar-refractivity contribution in [2.45, 2.75) is 36.9 Å². The minimum absolute atomic E-state index is 0.0829. The number of carbonyl (C=O) groups is 2. The molecule has 1 aliphatic carbocycles. The molecule has 1 atom stereocenters. The number of halogens is 2. The van der Waals surface area contributed by atoms with E-state index in [2.05, 4.69) is 26.6 Å². The molecule has 3 aromatic rings. The van der Waals surface area contributed by atoms with Gasteiger partial charge in [0.25, 0.3) is 0 Å². The zero-order chi connectivity index (χ0) is 27.9. The van der Waals surface area contributed by atoms with Gasteiger partial charge in [-0.1, -0.05) is 66.2 Å². The molecule has 1 aliphatic heterocycles. The molecule has 14 heteroatoms. The van der Waals surface area contributed by atoms with Gasteiger partial charge in [-0.3, -0.25) is 14.5 Å². The number of amides is 1. The highest BCUT2D eigenvalue weighted by molar-refractivity contribution is 8.01. The highest BCUT2D eigenvalue weighted by Crippen LogP contribution is 2.51.